The van der Waals surface area contributed by atoms with Gasteiger partial charge in [-0.3, -0.25) is 14.9 Å². The van der Waals surface area contributed by atoms with Gasteiger partial charge in [0.05, 0.1) is 5.69 Å². The fourth-order valence-corrected chi connectivity index (χ4v) is 1.90. The summed E-state index contributed by atoms with van der Waals surface area (Å²) >= 11 is 0. The summed E-state index contributed by atoms with van der Waals surface area (Å²) in [7, 11) is 2.19. The molecule has 1 aliphatic rings. The quantitative estimate of drug-likeness (QED) is 0.710. The maximum atomic E-state index is 4.30. The molecule has 1 fully saturated rings. The molecule has 4 heteroatoms. The van der Waals surface area contributed by atoms with E-state index in [0.717, 1.165) is 25.3 Å². The molecule has 0 bridgehead atoms. The molecule has 0 amide bonds. The van der Waals surface area contributed by atoms with Crippen molar-refractivity contribution < 1.29 is 0 Å². The van der Waals surface area contributed by atoms with Crippen molar-refractivity contribution in [3.63, 3.8) is 0 Å². The van der Waals surface area contributed by atoms with E-state index in [1.54, 1.807) is 12.4 Å². The molecule has 0 unspecified atom stereocenters. The van der Waals surface area contributed by atoms with Crippen molar-refractivity contribution in [2.75, 3.05) is 33.2 Å². The SMILES string of the molecule is CN1CCCN(Cc2cnccn2)CC1. The number of nitrogens with zero attached hydrogens (tertiary/aromatic N) is 4. The molecule has 15 heavy (non-hydrogen) atoms. The zero-order valence-corrected chi connectivity index (χ0v) is 9.26. The molecule has 4 nitrogen and oxygen atoms in total. The Labute approximate surface area is 90.9 Å². The van der Waals surface area contributed by atoms with Crippen LogP contribution in [0.15, 0.2) is 18.6 Å². The molecule has 0 N–H and O–H groups in total. The van der Waals surface area contributed by atoms with E-state index in [0.29, 0.717) is 0 Å². The highest BCUT2D eigenvalue weighted by Gasteiger charge is 2.12. The molecule has 82 valence electrons. The zero-order chi connectivity index (χ0) is 10.5. The van der Waals surface area contributed by atoms with Crippen LogP contribution in [-0.4, -0.2) is 53.0 Å². The van der Waals surface area contributed by atoms with Crippen LogP contribution in [0.25, 0.3) is 0 Å². The van der Waals surface area contributed by atoms with Crippen molar-refractivity contribution in [1.82, 2.24) is 19.8 Å². The number of hydrogen-bond acceptors (Lipinski definition) is 4. The lowest BCUT2D eigenvalue weighted by atomic mass is 10.3. The van der Waals surface area contributed by atoms with Gasteiger partial charge in [0.1, 0.15) is 0 Å². The molecule has 1 aromatic heterocycles. The van der Waals surface area contributed by atoms with E-state index in [1.165, 1.54) is 19.5 Å². The standard InChI is InChI=1S/C11H18N4/c1-14-5-2-6-15(8-7-14)10-11-9-12-3-4-13-11/h3-4,9H,2,5-8,10H2,1H3. The van der Waals surface area contributed by atoms with E-state index in [-0.39, 0.29) is 0 Å². The maximum absolute atomic E-state index is 4.30. The van der Waals surface area contributed by atoms with Gasteiger partial charge in [0.25, 0.3) is 0 Å². The molecule has 1 aromatic rings. The van der Waals surface area contributed by atoms with Gasteiger partial charge in [-0.15, -0.1) is 0 Å². The lowest BCUT2D eigenvalue weighted by Crippen LogP contribution is -2.28. The molecular formula is C11H18N4. The predicted molar refractivity (Wildman–Crippen MR) is 59.4 cm³/mol. The first kappa shape index (κ1) is 10.5. The predicted octanol–water partition coefficient (Wildman–Crippen LogP) is 0.614. The van der Waals surface area contributed by atoms with Gasteiger partial charge in [-0.1, -0.05) is 0 Å². The first-order chi connectivity index (χ1) is 7.34. The van der Waals surface area contributed by atoms with Crippen LogP contribution in [0.1, 0.15) is 12.1 Å². The minimum atomic E-state index is 0.932. The smallest absolute Gasteiger partial charge is 0.0726 e. The fourth-order valence-electron chi connectivity index (χ4n) is 1.90. The normalized spacial score (nSPS) is 20.1. The van der Waals surface area contributed by atoms with E-state index in [1.807, 2.05) is 6.20 Å². The van der Waals surface area contributed by atoms with Crippen molar-refractivity contribution in [3.05, 3.63) is 24.3 Å². The van der Waals surface area contributed by atoms with Crippen LogP contribution in [0.5, 0.6) is 0 Å². The zero-order valence-electron chi connectivity index (χ0n) is 9.26. The van der Waals surface area contributed by atoms with E-state index < -0.39 is 0 Å². The van der Waals surface area contributed by atoms with E-state index in [9.17, 15) is 0 Å². The average molecular weight is 206 g/mol. The average Bonchev–Trinajstić information content (AvgIpc) is 2.46. The Morgan fingerprint density at radius 3 is 2.93 bits per heavy atom. The van der Waals surface area contributed by atoms with Crippen molar-refractivity contribution in [1.29, 1.82) is 0 Å². The van der Waals surface area contributed by atoms with E-state index in [2.05, 4.69) is 26.8 Å². The molecular weight excluding hydrogens is 188 g/mol. The third-order valence-electron chi connectivity index (χ3n) is 2.81. The Morgan fingerprint density at radius 1 is 1.20 bits per heavy atom. The maximum Gasteiger partial charge on any atom is 0.0726 e. The number of hydrogen-bond donors (Lipinski definition) is 0. The summed E-state index contributed by atoms with van der Waals surface area (Å²) in [4.78, 5) is 13.2. The van der Waals surface area contributed by atoms with Gasteiger partial charge in [-0.25, -0.2) is 0 Å². The molecule has 1 aliphatic heterocycles. The Bertz CT molecular complexity index is 288. The Morgan fingerprint density at radius 2 is 2.13 bits per heavy atom. The highest BCUT2D eigenvalue weighted by molar-refractivity contribution is 4.94. The summed E-state index contributed by atoms with van der Waals surface area (Å²) in [6.07, 6.45) is 6.59. The van der Waals surface area contributed by atoms with Crippen molar-refractivity contribution in [2.24, 2.45) is 0 Å². The number of rotatable bonds is 2. The largest absolute Gasteiger partial charge is 0.305 e. The molecule has 1 saturated heterocycles. The summed E-state index contributed by atoms with van der Waals surface area (Å²) in [6.45, 7) is 5.59. The van der Waals surface area contributed by atoms with Crippen LogP contribution in [0.3, 0.4) is 0 Å². The van der Waals surface area contributed by atoms with Crippen LogP contribution in [0.2, 0.25) is 0 Å². The molecule has 0 atom stereocenters. The molecule has 0 aromatic carbocycles. The van der Waals surface area contributed by atoms with Crippen molar-refractivity contribution in [2.45, 2.75) is 13.0 Å². The van der Waals surface area contributed by atoms with Gasteiger partial charge in [-0.05, 0) is 26.6 Å². The van der Waals surface area contributed by atoms with Crippen LogP contribution >= 0.6 is 0 Å². The topological polar surface area (TPSA) is 32.3 Å². The molecule has 0 spiro atoms. The summed E-state index contributed by atoms with van der Waals surface area (Å²) < 4.78 is 0. The first-order valence-corrected chi connectivity index (χ1v) is 5.50. The lowest BCUT2D eigenvalue weighted by Gasteiger charge is -2.19. The van der Waals surface area contributed by atoms with Gasteiger partial charge in [-0.2, -0.15) is 0 Å². The number of likely N-dealkylation sites (N-methyl/N-ethyl adjacent to an activating group) is 1. The van der Waals surface area contributed by atoms with Gasteiger partial charge in [0, 0.05) is 38.2 Å². The highest BCUT2D eigenvalue weighted by atomic mass is 15.2. The van der Waals surface area contributed by atoms with Crippen molar-refractivity contribution in [3.8, 4) is 0 Å². The monoisotopic (exact) mass is 206 g/mol. The Balaban J connectivity index is 1.89. The van der Waals surface area contributed by atoms with E-state index in [4.69, 9.17) is 0 Å². The third kappa shape index (κ3) is 3.25. The molecule has 2 heterocycles. The van der Waals surface area contributed by atoms with Crippen molar-refractivity contribution >= 4 is 0 Å². The van der Waals surface area contributed by atoms with Crippen LogP contribution in [0, 0.1) is 0 Å². The minimum absolute atomic E-state index is 0.932. The highest BCUT2D eigenvalue weighted by Crippen LogP contribution is 2.05. The molecule has 0 saturated carbocycles. The summed E-state index contributed by atoms with van der Waals surface area (Å²) in [6, 6.07) is 0. The summed E-state index contributed by atoms with van der Waals surface area (Å²) in [5, 5.41) is 0. The third-order valence-corrected chi connectivity index (χ3v) is 2.81. The summed E-state index contributed by atoms with van der Waals surface area (Å²) in [5.74, 6) is 0. The fraction of sp³-hybridized carbons (Fsp3) is 0.636. The van der Waals surface area contributed by atoms with Crippen LogP contribution < -0.4 is 0 Å². The van der Waals surface area contributed by atoms with Gasteiger partial charge >= 0.3 is 0 Å². The molecule has 2 rings (SSSR count). The Hall–Kier alpha value is -1.00. The van der Waals surface area contributed by atoms with Gasteiger partial charge < -0.3 is 4.90 Å². The minimum Gasteiger partial charge on any atom is -0.305 e. The van der Waals surface area contributed by atoms with E-state index >= 15 is 0 Å². The van der Waals surface area contributed by atoms with Gasteiger partial charge in [0.2, 0.25) is 0 Å². The first-order valence-electron chi connectivity index (χ1n) is 5.50. The Kier molecular flexibility index (Phi) is 3.64. The van der Waals surface area contributed by atoms with Crippen LogP contribution in [-0.2, 0) is 6.54 Å². The second-order valence-electron chi connectivity index (χ2n) is 4.13. The second kappa shape index (κ2) is 5.19. The lowest BCUT2D eigenvalue weighted by molar-refractivity contribution is 0.266. The molecule has 0 radical (unpaired) electrons. The van der Waals surface area contributed by atoms with Gasteiger partial charge in [0.15, 0.2) is 0 Å². The number of aromatic nitrogens is 2. The summed E-state index contributed by atoms with van der Waals surface area (Å²) in [5.41, 5.74) is 1.07. The molecule has 0 aliphatic carbocycles. The van der Waals surface area contributed by atoms with Crippen LogP contribution in [0.4, 0.5) is 0 Å². The second-order valence-corrected chi connectivity index (χ2v) is 4.13.